The van der Waals surface area contributed by atoms with E-state index in [4.69, 9.17) is 4.74 Å². The Kier molecular flexibility index (Phi) is 5.91. The van der Waals surface area contributed by atoms with Crippen molar-refractivity contribution in [2.24, 2.45) is 0 Å². The first-order chi connectivity index (χ1) is 14.6. The second kappa shape index (κ2) is 8.76. The van der Waals surface area contributed by atoms with Crippen molar-refractivity contribution in [2.75, 3.05) is 13.7 Å². The highest BCUT2D eigenvalue weighted by Gasteiger charge is 2.46. The monoisotopic (exact) mass is 417 g/mol. The molecule has 0 N–H and O–H groups in total. The van der Waals surface area contributed by atoms with E-state index in [1.807, 2.05) is 54.6 Å². The minimum atomic E-state index is -0.524. The number of rotatable bonds is 7. The van der Waals surface area contributed by atoms with Gasteiger partial charge >= 0.3 is 5.97 Å². The Hall–Kier alpha value is -3.05. The van der Waals surface area contributed by atoms with Crippen LogP contribution in [0.2, 0.25) is 0 Å². The van der Waals surface area contributed by atoms with Crippen LogP contribution in [-0.4, -0.2) is 35.8 Å². The third-order valence-electron chi connectivity index (χ3n) is 5.40. The van der Waals surface area contributed by atoms with Crippen LogP contribution in [-0.2, 0) is 19.1 Å². The predicted octanol–water partition coefficient (Wildman–Crippen LogP) is 4.44. The van der Waals surface area contributed by atoms with Crippen LogP contribution in [0.25, 0.3) is 0 Å². The number of nitrogens with zero attached hydrogens (tertiary/aromatic N) is 1. The van der Waals surface area contributed by atoms with Gasteiger partial charge in [-0.05, 0) is 16.7 Å². The SMILES string of the molecule is COC(=O)CN1C(=O)C[C@@H]1SC(c1ccccc1)(c1ccccc1)c1ccccc1. The molecule has 1 atom stereocenters. The van der Waals surface area contributed by atoms with Crippen LogP contribution < -0.4 is 0 Å². The smallest absolute Gasteiger partial charge is 0.325 e. The van der Waals surface area contributed by atoms with Gasteiger partial charge in [0, 0.05) is 0 Å². The highest BCUT2D eigenvalue weighted by Crippen LogP contribution is 2.52. The minimum Gasteiger partial charge on any atom is -0.468 e. The molecule has 1 saturated heterocycles. The maximum absolute atomic E-state index is 12.3. The lowest BCUT2D eigenvalue weighted by atomic mass is 9.84. The molecule has 0 radical (unpaired) electrons. The van der Waals surface area contributed by atoms with Crippen molar-refractivity contribution in [1.29, 1.82) is 0 Å². The number of hydrogen-bond acceptors (Lipinski definition) is 4. The number of carbonyl (C=O) groups is 2. The summed E-state index contributed by atoms with van der Waals surface area (Å²) in [7, 11) is 1.34. The van der Waals surface area contributed by atoms with E-state index < -0.39 is 10.7 Å². The average molecular weight is 418 g/mol. The van der Waals surface area contributed by atoms with Crippen molar-refractivity contribution < 1.29 is 14.3 Å². The van der Waals surface area contributed by atoms with Crippen LogP contribution >= 0.6 is 11.8 Å². The lowest BCUT2D eigenvalue weighted by Gasteiger charge is -2.45. The summed E-state index contributed by atoms with van der Waals surface area (Å²) < 4.78 is 4.27. The third-order valence-corrected chi connectivity index (χ3v) is 7.15. The molecule has 0 bridgehead atoms. The van der Waals surface area contributed by atoms with Gasteiger partial charge in [0.1, 0.15) is 6.54 Å². The van der Waals surface area contributed by atoms with Gasteiger partial charge < -0.3 is 9.64 Å². The number of likely N-dealkylation sites (tertiary alicyclic amines) is 1. The molecule has 4 rings (SSSR count). The second-order valence-corrected chi connectivity index (χ2v) is 8.55. The first kappa shape index (κ1) is 20.2. The van der Waals surface area contributed by atoms with E-state index in [-0.39, 0.29) is 17.8 Å². The number of carbonyl (C=O) groups excluding carboxylic acids is 2. The van der Waals surface area contributed by atoms with Crippen LogP contribution in [0.4, 0.5) is 0 Å². The Labute approximate surface area is 180 Å². The number of ether oxygens (including phenoxy) is 1. The summed E-state index contributed by atoms with van der Waals surface area (Å²) in [6, 6.07) is 31.0. The molecule has 0 aliphatic carbocycles. The van der Waals surface area contributed by atoms with E-state index in [0.717, 1.165) is 16.7 Å². The number of methoxy groups -OCH3 is 1. The molecule has 1 heterocycles. The predicted molar refractivity (Wildman–Crippen MR) is 119 cm³/mol. The van der Waals surface area contributed by atoms with Crippen LogP contribution in [0, 0.1) is 0 Å². The fourth-order valence-corrected chi connectivity index (χ4v) is 5.62. The van der Waals surface area contributed by atoms with Crippen molar-refractivity contribution in [3.8, 4) is 0 Å². The van der Waals surface area contributed by atoms with Gasteiger partial charge in [-0.25, -0.2) is 0 Å². The van der Waals surface area contributed by atoms with Gasteiger partial charge in [0.05, 0.1) is 23.7 Å². The number of thioether (sulfide) groups is 1. The molecule has 0 saturated carbocycles. The fraction of sp³-hybridized carbons (Fsp3) is 0.200. The Balaban J connectivity index is 1.83. The zero-order valence-corrected chi connectivity index (χ0v) is 17.5. The molecule has 1 aliphatic heterocycles. The summed E-state index contributed by atoms with van der Waals surface area (Å²) in [4.78, 5) is 25.8. The topological polar surface area (TPSA) is 46.6 Å². The average Bonchev–Trinajstić information content (AvgIpc) is 2.81. The molecular formula is C25H23NO3S. The molecule has 5 heteroatoms. The van der Waals surface area contributed by atoms with Crippen LogP contribution in [0.15, 0.2) is 91.0 Å². The van der Waals surface area contributed by atoms with Crippen molar-refractivity contribution in [3.05, 3.63) is 108 Å². The lowest BCUT2D eigenvalue weighted by Crippen LogP contribution is -2.54. The van der Waals surface area contributed by atoms with Gasteiger partial charge in [-0.2, -0.15) is 0 Å². The van der Waals surface area contributed by atoms with Gasteiger partial charge in [0.25, 0.3) is 0 Å². The zero-order valence-electron chi connectivity index (χ0n) is 16.7. The summed E-state index contributed by atoms with van der Waals surface area (Å²) >= 11 is 1.70. The Morgan fingerprint density at radius 3 is 1.70 bits per heavy atom. The summed E-state index contributed by atoms with van der Waals surface area (Å²) in [5.41, 5.74) is 3.39. The standard InChI is InChI=1S/C25H23NO3S/c1-29-24(28)18-26-22(27)17-23(26)30-25(19-11-5-2-6-12-19,20-13-7-3-8-14-20)21-15-9-4-10-16-21/h2-16,23H,17-18H2,1H3/t23-/m0/s1. The molecule has 152 valence electrons. The van der Waals surface area contributed by atoms with Crippen LogP contribution in [0.5, 0.6) is 0 Å². The Bertz CT molecular complexity index is 912. The molecule has 4 nitrogen and oxygen atoms in total. The quantitative estimate of drug-likeness (QED) is 0.324. The molecule has 0 unspecified atom stereocenters. The number of benzene rings is 3. The van der Waals surface area contributed by atoms with Crippen LogP contribution in [0.1, 0.15) is 23.1 Å². The molecule has 0 spiro atoms. The summed E-state index contributed by atoms with van der Waals surface area (Å²) in [5, 5.41) is -0.128. The van der Waals surface area contributed by atoms with E-state index >= 15 is 0 Å². The second-order valence-electron chi connectivity index (χ2n) is 7.15. The zero-order chi connectivity index (χ0) is 21.0. The van der Waals surface area contributed by atoms with E-state index in [1.165, 1.54) is 7.11 Å². The largest absolute Gasteiger partial charge is 0.468 e. The molecular weight excluding hydrogens is 394 g/mol. The summed E-state index contributed by atoms with van der Waals surface area (Å²) in [6.45, 7) is -0.0263. The molecule has 1 amide bonds. The first-order valence-electron chi connectivity index (χ1n) is 9.86. The highest BCUT2D eigenvalue weighted by molar-refractivity contribution is 8.01. The van der Waals surface area contributed by atoms with Crippen LogP contribution in [0.3, 0.4) is 0 Å². The van der Waals surface area contributed by atoms with Crippen molar-refractivity contribution >= 4 is 23.6 Å². The molecule has 3 aromatic rings. The normalized spacial score (nSPS) is 16.1. The molecule has 30 heavy (non-hydrogen) atoms. The van der Waals surface area contributed by atoms with Gasteiger partial charge in [0.15, 0.2) is 0 Å². The number of hydrogen-bond donors (Lipinski definition) is 0. The summed E-state index contributed by atoms with van der Waals surface area (Å²) in [6.07, 6.45) is 0.399. The molecule has 1 fully saturated rings. The number of amides is 1. The maximum atomic E-state index is 12.3. The van der Waals surface area contributed by atoms with Crippen molar-refractivity contribution in [1.82, 2.24) is 4.90 Å². The number of esters is 1. The molecule has 1 aliphatic rings. The van der Waals surface area contributed by atoms with Gasteiger partial charge in [0.2, 0.25) is 5.91 Å². The van der Waals surface area contributed by atoms with E-state index in [0.29, 0.717) is 6.42 Å². The Morgan fingerprint density at radius 1 is 0.900 bits per heavy atom. The van der Waals surface area contributed by atoms with Crippen molar-refractivity contribution in [2.45, 2.75) is 16.5 Å². The minimum absolute atomic E-state index is 0.0263. The molecule has 0 aromatic heterocycles. The lowest BCUT2D eigenvalue weighted by molar-refractivity contribution is -0.153. The van der Waals surface area contributed by atoms with E-state index in [2.05, 4.69) is 36.4 Å². The maximum Gasteiger partial charge on any atom is 0.325 e. The first-order valence-corrected chi connectivity index (χ1v) is 10.7. The summed E-state index contributed by atoms with van der Waals surface area (Å²) in [5.74, 6) is -0.431. The molecule has 3 aromatic carbocycles. The van der Waals surface area contributed by atoms with Gasteiger partial charge in [-0.1, -0.05) is 91.0 Å². The van der Waals surface area contributed by atoms with Gasteiger partial charge in [-0.15, -0.1) is 11.8 Å². The fourth-order valence-electron chi connectivity index (χ4n) is 3.85. The number of β-lactam (4-membered cyclic amide) rings is 1. The van der Waals surface area contributed by atoms with E-state index in [1.54, 1.807) is 16.7 Å². The third kappa shape index (κ3) is 3.73. The van der Waals surface area contributed by atoms with Gasteiger partial charge in [-0.3, -0.25) is 9.59 Å². The highest BCUT2D eigenvalue weighted by atomic mass is 32.2. The Morgan fingerprint density at radius 2 is 1.33 bits per heavy atom. The van der Waals surface area contributed by atoms with Crippen molar-refractivity contribution in [3.63, 3.8) is 0 Å². The van der Waals surface area contributed by atoms with E-state index in [9.17, 15) is 9.59 Å².